The van der Waals surface area contributed by atoms with E-state index in [0.717, 1.165) is 32.5 Å². The first-order valence-electron chi connectivity index (χ1n) is 7.39. The van der Waals surface area contributed by atoms with Gasteiger partial charge in [0.1, 0.15) is 0 Å². The fraction of sp³-hybridized carbons (Fsp3) is 0.533. The number of oxime groups is 1. The van der Waals surface area contributed by atoms with E-state index in [-0.39, 0.29) is 12.0 Å². The second kappa shape index (κ2) is 6.43. The Morgan fingerprint density at radius 1 is 1.13 bits per heavy atom. The van der Waals surface area contributed by atoms with Crippen LogP contribution in [-0.2, 0) is 4.84 Å². The molecule has 2 bridgehead atoms. The monoisotopic (exact) mass is 334 g/mol. The van der Waals surface area contributed by atoms with Crippen LogP contribution in [0.15, 0.2) is 11.2 Å². The highest BCUT2D eigenvalue weighted by molar-refractivity contribution is 5.87. The van der Waals surface area contributed by atoms with Crippen LogP contribution in [0.4, 0.5) is 22.0 Å². The minimum absolute atomic E-state index is 0.149. The van der Waals surface area contributed by atoms with E-state index in [4.69, 9.17) is 0 Å². The zero-order valence-electron chi connectivity index (χ0n) is 12.2. The Balaban J connectivity index is 1.74. The first-order chi connectivity index (χ1) is 11.0. The first kappa shape index (κ1) is 16.2. The van der Waals surface area contributed by atoms with Crippen molar-refractivity contribution in [3.8, 4) is 0 Å². The third-order valence-corrected chi connectivity index (χ3v) is 4.30. The number of fused-ring (bicyclic) bond motifs is 2. The molecule has 0 spiro atoms. The summed E-state index contributed by atoms with van der Waals surface area (Å²) in [6.07, 6.45) is 0.00963. The van der Waals surface area contributed by atoms with Crippen LogP contribution in [0.3, 0.4) is 0 Å². The van der Waals surface area contributed by atoms with Gasteiger partial charge >= 0.3 is 0 Å². The number of nitrogens with zero attached hydrogens (tertiary/aromatic N) is 2. The SMILES string of the molecule is Fc1cc(C(F)ON=C2CCN3CCCC2C3)c(F)c(F)c1F. The lowest BCUT2D eigenvalue weighted by Crippen LogP contribution is -2.45. The van der Waals surface area contributed by atoms with Crippen LogP contribution < -0.4 is 0 Å². The fourth-order valence-electron chi connectivity index (χ4n) is 3.05. The lowest BCUT2D eigenvalue weighted by molar-refractivity contribution is -0.0433. The maximum atomic E-state index is 13.9. The number of hydrogen-bond donors (Lipinski definition) is 0. The molecule has 3 rings (SSSR count). The molecule has 2 heterocycles. The number of hydrogen-bond acceptors (Lipinski definition) is 3. The molecule has 0 aromatic heterocycles. The molecule has 1 aromatic rings. The van der Waals surface area contributed by atoms with Gasteiger partial charge in [-0.25, -0.2) is 17.6 Å². The molecule has 2 saturated heterocycles. The average Bonchev–Trinajstić information content (AvgIpc) is 2.55. The topological polar surface area (TPSA) is 24.8 Å². The number of alkyl halides is 1. The third kappa shape index (κ3) is 3.17. The van der Waals surface area contributed by atoms with Gasteiger partial charge in [-0.05, 0) is 25.5 Å². The summed E-state index contributed by atoms with van der Waals surface area (Å²) in [7, 11) is 0. The van der Waals surface area contributed by atoms with Crippen molar-refractivity contribution < 1.29 is 26.8 Å². The van der Waals surface area contributed by atoms with E-state index >= 15 is 0 Å². The molecular formula is C15H15F5N2O. The van der Waals surface area contributed by atoms with Crippen LogP contribution in [0.1, 0.15) is 31.2 Å². The minimum atomic E-state index is -2.51. The second-order valence-electron chi connectivity index (χ2n) is 5.78. The highest BCUT2D eigenvalue weighted by atomic mass is 19.2. The van der Waals surface area contributed by atoms with Gasteiger partial charge in [-0.15, -0.1) is 0 Å². The van der Waals surface area contributed by atoms with Crippen LogP contribution in [-0.4, -0.2) is 30.2 Å². The van der Waals surface area contributed by atoms with Gasteiger partial charge in [0, 0.05) is 25.4 Å². The molecule has 0 aliphatic carbocycles. The largest absolute Gasteiger partial charge is 0.353 e. The molecule has 0 N–H and O–H groups in total. The number of rotatable bonds is 3. The molecular weight excluding hydrogens is 319 g/mol. The van der Waals surface area contributed by atoms with E-state index in [1.807, 2.05) is 0 Å². The van der Waals surface area contributed by atoms with Crippen molar-refractivity contribution >= 4 is 5.71 Å². The molecule has 2 fully saturated rings. The summed E-state index contributed by atoms with van der Waals surface area (Å²) < 4.78 is 66.5. The van der Waals surface area contributed by atoms with Crippen molar-refractivity contribution in [1.82, 2.24) is 4.90 Å². The molecule has 1 aromatic carbocycles. The van der Waals surface area contributed by atoms with E-state index < -0.39 is 35.2 Å². The van der Waals surface area contributed by atoms with Crippen molar-refractivity contribution in [3.63, 3.8) is 0 Å². The van der Waals surface area contributed by atoms with E-state index in [0.29, 0.717) is 12.1 Å². The normalized spacial score (nSPS) is 27.1. The van der Waals surface area contributed by atoms with Crippen LogP contribution in [0.5, 0.6) is 0 Å². The summed E-state index contributed by atoms with van der Waals surface area (Å²) in [5, 5.41) is 3.71. The summed E-state index contributed by atoms with van der Waals surface area (Å²) in [6.45, 7) is 2.62. The molecule has 126 valence electrons. The van der Waals surface area contributed by atoms with Crippen molar-refractivity contribution in [3.05, 3.63) is 34.9 Å². The molecule has 0 radical (unpaired) electrons. The molecule has 0 saturated carbocycles. The molecule has 2 aliphatic heterocycles. The van der Waals surface area contributed by atoms with Crippen LogP contribution in [0, 0.1) is 29.2 Å². The summed E-state index contributed by atoms with van der Waals surface area (Å²) in [6, 6.07) is 0.238. The predicted octanol–water partition coefficient (Wildman–Crippen LogP) is 3.70. The Labute approximate surface area is 129 Å². The van der Waals surface area contributed by atoms with E-state index in [1.54, 1.807) is 0 Å². The van der Waals surface area contributed by atoms with Gasteiger partial charge in [-0.2, -0.15) is 4.39 Å². The van der Waals surface area contributed by atoms with Crippen LogP contribution >= 0.6 is 0 Å². The van der Waals surface area contributed by atoms with Crippen LogP contribution in [0.2, 0.25) is 0 Å². The Morgan fingerprint density at radius 3 is 2.70 bits per heavy atom. The van der Waals surface area contributed by atoms with Gasteiger partial charge in [0.05, 0.1) is 11.3 Å². The highest BCUT2D eigenvalue weighted by Crippen LogP contribution is 2.29. The van der Waals surface area contributed by atoms with Crippen molar-refractivity contribution in [1.29, 1.82) is 0 Å². The van der Waals surface area contributed by atoms with Gasteiger partial charge < -0.3 is 9.74 Å². The van der Waals surface area contributed by atoms with Gasteiger partial charge in [-0.3, -0.25) is 0 Å². The predicted molar refractivity (Wildman–Crippen MR) is 72.4 cm³/mol. The molecule has 2 aliphatic rings. The van der Waals surface area contributed by atoms with E-state index in [9.17, 15) is 22.0 Å². The molecule has 3 nitrogen and oxygen atoms in total. The standard InChI is InChI=1S/C15H15F5N2O/c16-10-6-9(12(17)14(19)13(10)18)15(20)23-21-11-3-5-22-4-1-2-8(11)7-22/h6,8,15H,1-5,7H2. The summed E-state index contributed by atoms with van der Waals surface area (Å²) in [4.78, 5) is 6.86. The molecule has 0 amide bonds. The Bertz CT molecular complexity index is 637. The quantitative estimate of drug-likeness (QED) is 0.364. The Kier molecular flexibility index (Phi) is 4.52. The van der Waals surface area contributed by atoms with Gasteiger partial charge in [0.15, 0.2) is 23.3 Å². The molecule has 8 heteroatoms. The summed E-state index contributed by atoms with van der Waals surface area (Å²) >= 11 is 0. The third-order valence-electron chi connectivity index (χ3n) is 4.30. The van der Waals surface area contributed by atoms with Crippen LogP contribution in [0.25, 0.3) is 0 Å². The lowest BCUT2D eigenvalue weighted by atomic mass is 9.88. The number of benzene rings is 1. The summed E-state index contributed by atoms with van der Waals surface area (Å²) in [5.74, 6) is -7.41. The molecule has 3 unspecified atom stereocenters. The Hall–Kier alpha value is -1.70. The van der Waals surface area contributed by atoms with Gasteiger partial charge in [0.25, 0.3) is 6.36 Å². The van der Waals surface area contributed by atoms with Gasteiger partial charge in [-0.1, -0.05) is 5.16 Å². The molecule has 3 atom stereocenters. The zero-order valence-corrected chi connectivity index (χ0v) is 12.2. The molecule has 23 heavy (non-hydrogen) atoms. The zero-order chi connectivity index (χ0) is 16.6. The average molecular weight is 334 g/mol. The van der Waals surface area contributed by atoms with Crippen molar-refractivity contribution in [2.45, 2.75) is 25.6 Å². The van der Waals surface area contributed by atoms with E-state index in [1.165, 1.54) is 0 Å². The second-order valence-corrected chi connectivity index (χ2v) is 5.78. The lowest BCUT2D eigenvalue weighted by Gasteiger charge is -2.37. The smallest absolute Gasteiger partial charge is 0.292 e. The van der Waals surface area contributed by atoms with Crippen molar-refractivity contribution in [2.75, 3.05) is 19.6 Å². The maximum absolute atomic E-state index is 13.9. The first-order valence-corrected chi connectivity index (χ1v) is 7.39. The Morgan fingerprint density at radius 2 is 1.91 bits per heavy atom. The number of halogens is 5. The van der Waals surface area contributed by atoms with Crippen molar-refractivity contribution in [2.24, 2.45) is 11.1 Å². The minimum Gasteiger partial charge on any atom is -0.353 e. The fourth-order valence-corrected chi connectivity index (χ4v) is 3.05. The highest BCUT2D eigenvalue weighted by Gasteiger charge is 2.30. The summed E-state index contributed by atoms with van der Waals surface area (Å²) in [5.41, 5.74) is -0.390. The maximum Gasteiger partial charge on any atom is 0.292 e. The van der Waals surface area contributed by atoms with Gasteiger partial charge in [0.2, 0.25) is 0 Å². The van der Waals surface area contributed by atoms with E-state index in [2.05, 4.69) is 14.9 Å². The number of piperidine rings is 2.